The molecule has 1 saturated carbocycles. The molecule has 116 valence electrons. The SMILES string of the molecule is CN(C)CCNC(=O)Cn1cc(NC(=O)C2CCC2)cn1. The topological polar surface area (TPSA) is 79.3 Å². The fourth-order valence-corrected chi connectivity index (χ4v) is 2.05. The Morgan fingerprint density at radius 2 is 2.19 bits per heavy atom. The molecule has 2 amide bonds. The van der Waals surface area contributed by atoms with E-state index in [9.17, 15) is 9.59 Å². The van der Waals surface area contributed by atoms with Crippen molar-refractivity contribution in [2.45, 2.75) is 25.8 Å². The van der Waals surface area contributed by atoms with Gasteiger partial charge in [0.1, 0.15) is 6.54 Å². The summed E-state index contributed by atoms with van der Waals surface area (Å²) in [5.41, 5.74) is 0.646. The average molecular weight is 293 g/mol. The van der Waals surface area contributed by atoms with Crippen LogP contribution in [0.25, 0.3) is 0 Å². The first kappa shape index (κ1) is 15.5. The van der Waals surface area contributed by atoms with E-state index in [2.05, 4.69) is 15.7 Å². The molecule has 0 aromatic carbocycles. The summed E-state index contributed by atoms with van der Waals surface area (Å²) in [4.78, 5) is 25.5. The van der Waals surface area contributed by atoms with Gasteiger partial charge in [-0.05, 0) is 26.9 Å². The van der Waals surface area contributed by atoms with Gasteiger partial charge < -0.3 is 15.5 Å². The van der Waals surface area contributed by atoms with Gasteiger partial charge in [-0.3, -0.25) is 14.3 Å². The number of nitrogens with zero attached hydrogens (tertiary/aromatic N) is 3. The van der Waals surface area contributed by atoms with Crippen LogP contribution in [0, 0.1) is 5.92 Å². The molecule has 0 bridgehead atoms. The Labute approximate surface area is 124 Å². The molecule has 1 aromatic heterocycles. The molecule has 2 rings (SSSR count). The Kier molecular flexibility index (Phi) is 5.32. The van der Waals surface area contributed by atoms with E-state index in [1.807, 2.05) is 19.0 Å². The molecule has 0 radical (unpaired) electrons. The predicted octanol–water partition coefficient (Wildman–Crippen LogP) is 0.300. The number of aromatic nitrogens is 2. The summed E-state index contributed by atoms with van der Waals surface area (Å²) < 4.78 is 1.53. The van der Waals surface area contributed by atoms with Gasteiger partial charge in [0.25, 0.3) is 0 Å². The van der Waals surface area contributed by atoms with Crippen LogP contribution in [0.4, 0.5) is 5.69 Å². The lowest BCUT2D eigenvalue weighted by molar-refractivity contribution is -0.122. The second kappa shape index (κ2) is 7.21. The van der Waals surface area contributed by atoms with Crippen LogP contribution in [0.5, 0.6) is 0 Å². The van der Waals surface area contributed by atoms with Crippen LogP contribution in [0.1, 0.15) is 19.3 Å². The van der Waals surface area contributed by atoms with Crippen LogP contribution >= 0.6 is 0 Å². The minimum atomic E-state index is -0.0863. The Bertz CT molecular complexity index is 493. The summed E-state index contributed by atoms with van der Waals surface area (Å²) in [6.07, 6.45) is 6.32. The van der Waals surface area contributed by atoms with Crippen LogP contribution in [-0.2, 0) is 16.1 Å². The van der Waals surface area contributed by atoms with Gasteiger partial charge in [0.2, 0.25) is 11.8 Å². The molecule has 0 saturated heterocycles. The summed E-state index contributed by atoms with van der Waals surface area (Å²) in [5.74, 6) is 0.107. The first-order chi connectivity index (χ1) is 10.0. The van der Waals surface area contributed by atoms with Crippen LogP contribution in [-0.4, -0.2) is 53.7 Å². The Hall–Kier alpha value is -1.89. The predicted molar refractivity (Wildman–Crippen MR) is 79.8 cm³/mol. The molecule has 1 aromatic rings. The highest BCUT2D eigenvalue weighted by Crippen LogP contribution is 2.27. The molecule has 1 heterocycles. The fraction of sp³-hybridized carbons (Fsp3) is 0.643. The third-order valence-electron chi connectivity index (χ3n) is 3.56. The quantitative estimate of drug-likeness (QED) is 0.758. The van der Waals surface area contributed by atoms with Crippen molar-refractivity contribution in [3.8, 4) is 0 Å². The highest BCUT2D eigenvalue weighted by Gasteiger charge is 2.25. The molecule has 21 heavy (non-hydrogen) atoms. The lowest BCUT2D eigenvalue weighted by Crippen LogP contribution is -2.33. The van der Waals surface area contributed by atoms with Gasteiger partial charge in [-0.2, -0.15) is 5.10 Å². The number of rotatable bonds is 7. The van der Waals surface area contributed by atoms with E-state index in [4.69, 9.17) is 0 Å². The lowest BCUT2D eigenvalue weighted by Gasteiger charge is -2.23. The average Bonchev–Trinajstić information content (AvgIpc) is 2.73. The first-order valence-electron chi connectivity index (χ1n) is 7.29. The van der Waals surface area contributed by atoms with E-state index in [-0.39, 0.29) is 24.3 Å². The molecule has 7 nitrogen and oxygen atoms in total. The lowest BCUT2D eigenvalue weighted by atomic mass is 9.85. The van der Waals surface area contributed by atoms with Crippen molar-refractivity contribution < 1.29 is 9.59 Å². The zero-order chi connectivity index (χ0) is 15.2. The van der Waals surface area contributed by atoms with Crippen LogP contribution < -0.4 is 10.6 Å². The molecular formula is C14H23N5O2. The molecule has 0 spiro atoms. The molecule has 0 unspecified atom stereocenters. The minimum absolute atomic E-state index is 0.0521. The number of hydrogen-bond donors (Lipinski definition) is 2. The number of carbonyl (C=O) groups excluding carboxylic acids is 2. The maximum atomic E-state index is 11.8. The summed E-state index contributed by atoms with van der Waals surface area (Å²) in [6, 6.07) is 0. The molecule has 0 aliphatic heterocycles. The van der Waals surface area contributed by atoms with Crippen molar-refractivity contribution in [3.05, 3.63) is 12.4 Å². The van der Waals surface area contributed by atoms with Crippen molar-refractivity contribution in [2.75, 3.05) is 32.5 Å². The van der Waals surface area contributed by atoms with Gasteiger partial charge in [0.05, 0.1) is 11.9 Å². The van der Waals surface area contributed by atoms with Crippen LogP contribution in [0.3, 0.4) is 0 Å². The van der Waals surface area contributed by atoms with Gasteiger partial charge in [-0.1, -0.05) is 6.42 Å². The fourth-order valence-electron chi connectivity index (χ4n) is 2.05. The third-order valence-corrected chi connectivity index (χ3v) is 3.56. The Morgan fingerprint density at radius 3 is 2.81 bits per heavy atom. The molecule has 2 N–H and O–H groups in total. The van der Waals surface area contributed by atoms with Gasteiger partial charge in [-0.15, -0.1) is 0 Å². The van der Waals surface area contributed by atoms with Crippen LogP contribution in [0.15, 0.2) is 12.4 Å². The van der Waals surface area contributed by atoms with Crippen molar-refractivity contribution >= 4 is 17.5 Å². The van der Waals surface area contributed by atoms with Crippen LogP contribution in [0.2, 0.25) is 0 Å². The minimum Gasteiger partial charge on any atom is -0.353 e. The van der Waals surface area contributed by atoms with Crippen molar-refractivity contribution in [1.29, 1.82) is 0 Å². The highest BCUT2D eigenvalue weighted by atomic mass is 16.2. The number of hydrogen-bond acceptors (Lipinski definition) is 4. The standard InChI is InChI=1S/C14H23N5O2/c1-18(2)7-6-15-13(20)10-19-9-12(8-16-19)17-14(21)11-4-3-5-11/h8-9,11H,3-7,10H2,1-2H3,(H,15,20)(H,17,21). The number of likely N-dealkylation sites (N-methyl/N-ethyl adjacent to an activating group) is 1. The van der Waals surface area contributed by atoms with Gasteiger partial charge in [-0.25, -0.2) is 0 Å². The van der Waals surface area contributed by atoms with Crippen molar-refractivity contribution in [1.82, 2.24) is 20.0 Å². The Balaban J connectivity index is 1.74. The zero-order valence-corrected chi connectivity index (χ0v) is 12.6. The van der Waals surface area contributed by atoms with E-state index in [1.165, 1.54) is 4.68 Å². The third kappa shape index (κ3) is 4.86. The van der Waals surface area contributed by atoms with E-state index in [1.54, 1.807) is 12.4 Å². The van der Waals surface area contributed by atoms with Gasteiger partial charge >= 0.3 is 0 Å². The summed E-state index contributed by atoms with van der Waals surface area (Å²) in [6.45, 7) is 1.57. The summed E-state index contributed by atoms with van der Waals surface area (Å²) >= 11 is 0. The summed E-state index contributed by atoms with van der Waals surface area (Å²) in [7, 11) is 3.91. The smallest absolute Gasteiger partial charge is 0.241 e. The monoisotopic (exact) mass is 293 g/mol. The summed E-state index contributed by atoms with van der Waals surface area (Å²) in [5, 5.41) is 9.74. The maximum absolute atomic E-state index is 11.8. The number of anilines is 1. The molecule has 1 aliphatic carbocycles. The number of nitrogens with one attached hydrogen (secondary N) is 2. The largest absolute Gasteiger partial charge is 0.353 e. The van der Waals surface area contributed by atoms with E-state index in [0.29, 0.717) is 12.2 Å². The zero-order valence-electron chi connectivity index (χ0n) is 12.6. The van der Waals surface area contributed by atoms with E-state index < -0.39 is 0 Å². The second-order valence-corrected chi connectivity index (χ2v) is 5.70. The Morgan fingerprint density at radius 1 is 1.43 bits per heavy atom. The molecule has 1 fully saturated rings. The first-order valence-corrected chi connectivity index (χ1v) is 7.29. The molecule has 1 aliphatic rings. The van der Waals surface area contributed by atoms with Crippen molar-refractivity contribution in [2.24, 2.45) is 5.92 Å². The normalized spacial score (nSPS) is 14.8. The highest BCUT2D eigenvalue weighted by molar-refractivity contribution is 5.92. The molecule has 7 heteroatoms. The van der Waals surface area contributed by atoms with Gasteiger partial charge in [0, 0.05) is 25.2 Å². The second-order valence-electron chi connectivity index (χ2n) is 5.70. The van der Waals surface area contributed by atoms with E-state index in [0.717, 1.165) is 25.8 Å². The molecule has 0 atom stereocenters. The molecular weight excluding hydrogens is 270 g/mol. The van der Waals surface area contributed by atoms with Gasteiger partial charge in [0.15, 0.2) is 0 Å². The number of carbonyl (C=O) groups is 2. The van der Waals surface area contributed by atoms with Crippen molar-refractivity contribution in [3.63, 3.8) is 0 Å². The number of amides is 2. The maximum Gasteiger partial charge on any atom is 0.241 e. The van der Waals surface area contributed by atoms with E-state index >= 15 is 0 Å².